The molecular weight excluding hydrogens is 268 g/mol. The van der Waals surface area contributed by atoms with Gasteiger partial charge in [-0.25, -0.2) is 4.98 Å². The summed E-state index contributed by atoms with van der Waals surface area (Å²) in [6.07, 6.45) is 2.96. The molecule has 0 N–H and O–H groups in total. The molecule has 4 rings (SSSR count). The van der Waals surface area contributed by atoms with Gasteiger partial charge in [0, 0.05) is 12.6 Å². The van der Waals surface area contributed by atoms with Gasteiger partial charge in [-0.15, -0.1) is 0 Å². The molecule has 0 aliphatic heterocycles. The Kier molecular flexibility index (Phi) is 2.97. The molecule has 0 unspecified atom stereocenters. The molecule has 108 valence electrons. The highest BCUT2D eigenvalue weighted by molar-refractivity contribution is 6.10. The van der Waals surface area contributed by atoms with Gasteiger partial charge in [-0.1, -0.05) is 55.5 Å². The van der Waals surface area contributed by atoms with E-state index in [0.717, 1.165) is 11.9 Å². The van der Waals surface area contributed by atoms with Gasteiger partial charge in [0.05, 0.1) is 17.4 Å². The van der Waals surface area contributed by atoms with Gasteiger partial charge in [-0.05, 0) is 34.4 Å². The van der Waals surface area contributed by atoms with Crippen LogP contribution in [0.25, 0.3) is 32.9 Å². The molecule has 3 aromatic carbocycles. The number of rotatable bonds is 2. The molecule has 0 saturated heterocycles. The lowest BCUT2D eigenvalue weighted by Crippen LogP contribution is -1.88. The number of benzene rings is 3. The zero-order chi connectivity index (χ0) is 15.1. The minimum Gasteiger partial charge on any atom is -0.334 e. The summed E-state index contributed by atoms with van der Waals surface area (Å²) in [6, 6.07) is 19.6. The molecule has 0 saturated carbocycles. The Morgan fingerprint density at radius 2 is 1.77 bits per heavy atom. The number of fused-ring (bicyclic) bond motifs is 2. The lowest BCUT2D eigenvalue weighted by molar-refractivity contribution is 0.948. The second kappa shape index (κ2) is 4.99. The van der Waals surface area contributed by atoms with Crippen molar-refractivity contribution < 1.29 is 0 Å². The Hall–Kier alpha value is -2.61. The number of aromatic nitrogens is 2. The summed E-state index contributed by atoms with van der Waals surface area (Å²) < 4.78 is 2.09. The van der Waals surface area contributed by atoms with E-state index >= 15 is 0 Å². The average molecular weight is 286 g/mol. The van der Waals surface area contributed by atoms with Gasteiger partial charge in [-0.2, -0.15) is 0 Å². The van der Waals surface area contributed by atoms with Crippen LogP contribution in [0.1, 0.15) is 12.5 Å². The molecule has 1 heterocycles. The van der Waals surface area contributed by atoms with Crippen molar-refractivity contribution in [2.24, 2.45) is 7.05 Å². The summed E-state index contributed by atoms with van der Waals surface area (Å²) in [6.45, 7) is 2.18. The van der Waals surface area contributed by atoms with Gasteiger partial charge in [-0.3, -0.25) is 0 Å². The molecule has 0 atom stereocenters. The molecule has 2 nitrogen and oxygen atoms in total. The molecule has 4 aromatic rings. The zero-order valence-electron chi connectivity index (χ0n) is 12.9. The first-order valence-electron chi connectivity index (χ1n) is 7.70. The monoisotopic (exact) mass is 286 g/mol. The highest BCUT2D eigenvalue weighted by Gasteiger charge is 2.12. The Morgan fingerprint density at radius 1 is 1.00 bits per heavy atom. The number of hydrogen-bond donors (Lipinski definition) is 0. The molecule has 0 aliphatic rings. The second-order valence-corrected chi connectivity index (χ2v) is 5.75. The van der Waals surface area contributed by atoms with Gasteiger partial charge in [0.1, 0.15) is 0 Å². The minimum atomic E-state index is 1.06. The number of imidazole rings is 1. The van der Waals surface area contributed by atoms with Crippen molar-refractivity contribution in [2.45, 2.75) is 13.3 Å². The predicted octanol–water partition coefficient (Wildman–Crippen LogP) is 4.96. The fourth-order valence-corrected chi connectivity index (χ4v) is 3.13. The van der Waals surface area contributed by atoms with Crippen LogP contribution in [-0.2, 0) is 13.5 Å². The Labute approximate surface area is 130 Å². The van der Waals surface area contributed by atoms with Crippen LogP contribution in [-0.4, -0.2) is 9.55 Å². The summed E-state index contributed by atoms with van der Waals surface area (Å²) >= 11 is 0. The summed E-state index contributed by atoms with van der Waals surface area (Å²) in [5.74, 6) is 0. The third-order valence-corrected chi connectivity index (χ3v) is 4.39. The molecular formula is C20H18N2. The van der Waals surface area contributed by atoms with Crippen molar-refractivity contribution in [3.8, 4) is 11.1 Å². The quantitative estimate of drug-likeness (QED) is 0.509. The van der Waals surface area contributed by atoms with E-state index in [9.17, 15) is 0 Å². The summed E-state index contributed by atoms with van der Waals surface area (Å²) in [5, 5.41) is 2.52. The first kappa shape index (κ1) is 13.1. The van der Waals surface area contributed by atoms with E-state index in [1.54, 1.807) is 0 Å². The van der Waals surface area contributed by atoms with Crippen molar-refractivity contribution in [3.05, 3.63) is 66.5 Å². The molecule has 0 radical (unpaired) electrons. The van der Waals surface area contributed by atoms with Crippen LogP contribution < -0.4 is 0 Å². The van der Waals surface area contributed by atoms with Gasteiger partial charge in [0.2, 0.25) is 0 Å². The lowest BCUT2D eigenvalue weighted by atomic mass is 9.95. The first-order chi connectivity index (χ1) is 10.8. The van der Waals surface area contributed by atoms with Crippen molar-refractivity contribution in [1.29, 1.82) is 0 Å². The lowest BCUT2D eigenvalue weighted by Gasteiger charge is -2.10. The smallest absolute Gasteiger partial charge is 0.0969 e. The Balaban J connectivity index is 2.11. The standard InChI is InChI=1S/C20H18N2/c1-3-14-8-10-15(11-9-14)19-17-7-5-4-6-16(17)12-18-20(19)21-13-22(18)2/h4-13H,3H2,1-2H3. The van der Waals surface area contributed by atoms with Crippen LogP contribution in [0.15, 0.2) is 60.9 Å². The molecule has 1 aromatic heterocycles. The third-order valence-electron chi connectivity index (χ3n) is 4.39. The summed E-state index contributed by atoms with van der Waals surface area (Å²) in [4.78, 5) is 4.65. The minimum absolute atomic E-state index is 1.06. The van der Waals surface area contributed by atoms with E-state index < -0.39 is 0 Å². The normalized spacial score (nSPS) is 11.4. The first-order valence-corrected chi connectivity index (χ1v) is 7.70. The van der Waals surface area contributed by atoms with E-state index in [-0.39, 0.29) is 0 Å². The number of nitrogens with zero attached hydrogens (tertiary/aromatic N) is 2. The number of aryl methyl sites for hydroxylation is 2. The van der Waals surface area contributed by atoms with Crippen LogP contribution in [0, 0.1) is 0 Å². The van der Waals surface area contributed by atoms with Crippen LogP contribution >= 0.6 is 0 Å². The van der Waals surface area contributed by atoms with Crippen molar-refractivity contribution in [3.63, 3.8) is 0 Å². The largest absolute Gasteiger partial charge is 0.334 e. The molecule has 0 bridgehead atoms. The maximum Gasteiger partial charge on any atom is 0.0969 e. The molecule has 22 heavy (non-hydrogen) atoms. The van der Waals surface area contributed by atoms with Crippen LogP contribution in [0.3, 0.4) is 0 Å². The fraction of sp³-hybridized carbons (Fsp3) is 0.150. The van der Waals surface area contributed by atoms with Crippen molar-refractivity contribution in [1.82, 2.24) is 9.55 Å². The average Bonchev–Trinajstić information content (AvgIpc) is 2.94. The highest BCUT2D eigenvalue weighted by atomic mass is 15.0. The van der Waals surface area contributed by atoms with E-state index in [4.69, 9.17) is 0 Å². The molecule has 0 fully saturated rings. The van der Waals surface area contributed by atoms with E-state index in [1.165, 1.54) is 33.0 Å². The SMILES string of the molecule is CCc1ccc(-c2c3ccccc3cc3c2ncn3C)cc1. The molecule has 0 amide bonds. The topological polar surface area (TPSA) is 17.8 Å². The molecule has 2 heteroatoms. The molecule has 0 spiro atoms. The van der Waals surface area contributed by atoms with Gasteiger partial charge in [0.15, 0.2) is 0 Å². The molecule has 0 aliphatic carbocycles. The Bertz CT molecular complexity index is 962. The predicted molar refractivity (Wildman–Crippen MR) is 93.0 cm³/mol. The third kappa shape index (κ3) is 1.92. The van der Waals surface area contributed by atoms with Crippen LogP contribution in [0.4, 0.5) is 0 Å². The highest BCUT2D eigenvalue weighted by Crippen LogP contribution is 2.35. The summed E-state index contributed by atoms with van der Waals surface area (Å²) in [7, 11) is 2.05. The van der Waals surface area contributed by atoms with E-state index in [1.807, 2.05) is 13.4 Å². The maximum atomic E-state index is 4.65. The van der Waals surface area contributed by atoms with Crippen LogP contribution in [0.5, 0.6) is 0 Å². The van der Waals surface area contributed by atoms with Gasteiger partial charge >= 0.3 is 0 Å². The van der Waals surface area contributed by atoms with Crippen molar-refractivity contribution >= 4 is 21.8 Å². The van der Waals surface area contributed by atoms with Gasteiger partial charge in [0.25, 0.3) is 0 Å². The Morgan fingerprint density at radius 3 is 2.55 bits per heavy atom. The fourth-order valence-electron chi connectivity index (χ4n) is 3.13. The van der Waals surface area contributed by atoms with Crippen LogP contribution in [0.2, 0.25) is 0 Å². The number of hydrogen-bond acceptors (Lipinski definition) is 1. The van der Waals surface area contributed by atoms with E-state index in [0.29, 0.717) is 0 Å². The van der Waals surface area contributed by atoms with E-state index in [2.05, 4.69) is 71.1 Å². The second-order valence-electron chi connectivity index (χ2n) is 5.75. The van der Waals surface area contributed by atoms with Crippen molar-refractivity contribution in [2.75, 3.05) is 0 Å². The van der Waals surface area contributed by atoms with Gasteiger partial charge < -0.3 is 4.57 Å². The zero-order valence-corrected chi connectivity index (χ0v) is 12.9. The maximum absolute atomic E-state index is 4.65. The summed E-state index contributed by atoms with van der Waals surface area (Å²) in [5.41, 5.74) is 6.08.